The van der Waals surface area contributed by atoms with Crippen molar-refractivity contribution in [3.63, 3.8) is 0 Å². The number of aryl methyl sites for hydroxylation is 2. The molecule has 0 bridgehead atoms. The van der Waals surface area contributed by atoms with Crippen LogP contribution in [0.3, 0.4) is 0 Å². The predicted octanol–water partition coefficient (Wildman–Crippen LogP) is 2.76. The lowest BCUT2D eigenvalue weighted by Gasteiger charge is -2.00. The number of methoxy groups -OCH3 is 1. The van der Waals surface area contributed by atoms with Crippen LogP contribution in [0.25, 0.3) is 11.3 Å². The first-order valence-electron chi connectivity index (χ1n) is 5.92. The van der Waals surface area contributed by atoms with Crippen LogP contribution in [0.2, 0.25) is 0 Å². The molecular formula is C13H18N2O2S. The van der Waals surface area contributed by atoms with Crippen molar-refractivity contribution in [1.82, 2.24) is 10.3 Å². The standard InChI is InChI=1S/C13H18N2O2S/c1-9-6-11(10(2)17-9)12-8-18-13(15-12)7-14-4-5-16-3/h6,8,14H,4-5,7H2,1-3H3. The molecule has 98 valence electrons. The van der Waals surface area contributed by atoms with Gasteiger partial charge >= 0.3 is 0 Å². The Morgan fingerprint density at radius 3 is 2.94 bits per heavy atom. The molecule has 0 aliphatic carbocycles. The molecule has 0 aromatic carbocycles. The molecule has 18 heavy (non-hydrogen) atoms. The Hall–Kier alpha value is -1.17. The van der Waals surface area contributed by atoms with Gasteiger partial charge in [0.2, 0.25) is 0 Å². The molecular weight excluding hydrogens is 248 g/mol. The second-order valence-electron chi connectivity index (χ2n) is 4.12. The van der Waals surface area contributed by atoms with E-state index in [-0.39, 0.29) is 0 Å². The van der Waals surface area contributed by atoms with E-state index in [1.807, 2.05) is 19.9 Å². The molecule has 0 aliphatic rings. The number of furan rings is 1. The van der Waals surface area contributed by atoms with Crippen LogP contribution in [0.5, 0.6) is 0 Å². The maximum Gasteiger partial charge on any atom is 0.110 e. The van der Waals surface area contributed by atoms with E-state index in [1.165, 1.54) is 0 Å². The van der Waals surface area contributed by atoms with Gasteiger partial charge in [0.15, 0.2) is 0 Å². The Morgan fingerprint density at radius 2 is 2.28 bits per heavy atom. The maximum atomic E-state index is 5.52. The van der Waals surface area contributed by atoms with Gasteiger partial charge in [0.1, 0.15) is 16.5 Å². The van der Waals surface area contributed by atoms with Gasteiger partial charge in [0.25, 0.3) is 0 Å². The summed E-state index contributed by atoms with van der Waals surface area (Å²) in [5, 5.41) is 6.44. The minimum Gasteiger partial charge on any atom is -0.466 e. The molecule has 2 heterocycles. The van der Waals surface area contributed by atoms with Crippen LogP contribution in [0.1, 0.15) is 16.5 Å². The van der Waals surface area contributed by atoms with Crippen LogP contribution < -0.4 is 5.32 Å². The molecule has 0 atom stereocenters. The van der Waals surface area contributed by atoms with Crippen LogP contribution in [-0.2, 0) is 11.3 Å². The second-order valence-corrected chi connectivity index (χ2v) is 5.07. The number of hydrogen-bond donors (Lipinski definition) is 1. The third-order valence-corrected chi connectivity index (χ3v) is 3.48. The molecule has 4 nitrogen and oxygen atoms in total. The molecule has 0 fully saturated rings. The van der Waals surface area contributed by atoms with Gasteiger partial charge in [0.05, 0.1) is 12.3 Å². The molecule has 0 radical (unpaired) electrons. The number of rotatable bonds is 6. The van der Waals surface area contributed by atoms with Crippen molar-refractivity contribution < 1.29 is 9.15 Å². The third-order valence-electron chi connectivity index (χ3n) is 2.63. The van der Waals surface area contributed by atoms with Gasteiger partial charge in [-0.2, -0.15) is 0 Å². The van der Waals surface area contributed by atoms with Gasteiger partial charge in [-0.25, -0.2) is 4.98 Å². The first-order valence-corrected chi connectivity index (χ1v) is 6.80. The van der Waals surface area contributed by atoms with Crippen molar-refractivity contribution >= 4 is 11.3 Å². The summed E-state index contributed by atoms with van der Waals surface area (Å²) < 4.78 is 10.5. The minimum absolute atomic E-state index is 0.721. The van der Waals surface area contributed by atoms with E-state index in [2.05, 4.69) is 15.7 Å². The monoisotopic (exact) mass is 266 g/mol. The number of aromatic nitrogens is 1. The Morgan fingerprint density at radius 1 is 1.44 bits per heavy atom. The fraction of sp³-hybridized carbons (Fsp3) is 0.462. The highest BCUT2D eigenvalue weighted by Gasteiger charge is 2.10. The van der Waals surface area contributed by atoms with Crippen LogP contribution in [0.4, 0.5) is 0 Å². The molecule has 5 heteroatoms. The zero-order chi connectivity index (χ0) is 13.0. The van der Waals surface area contributed by atoms with Crippen LogP contribution in [-0.4, -0.2) is 25.2 Å². The van der Waals surface area contributed by atoms with Gasteiger partial charge in [-0.1, -0.05) is 0 Å². The van der Waals surface area contributed by atoms with E-state index >= 15 is 0 Å². The first kappa shape index (κ1) is 13.3. The van der Waals surface area contributed by atoms with Crippen molar-refractivity contribution in [3.8, 4) is 11.3 Å². The number of hydrogen-bond acceptors (Lipinski definition) is 5. The molecule has 2 aromatic rings. The van der Waals surface area contributed by atoms with E-state index < -0.39 is 0 Å². The Bertz CT molecular complexity index is 505. The van der Waals surface area contributed by atoms with Gasteiger partial charge < -0.3 is 14.5 Å². The van der Waals surface area contributed by atoms with Crippen molar-refractivity contribution in [1.29, 1.82) is 0 Å². The van der Waals surface area contributed by atoms with E-state index in [0.29, 0.717) is 0 Å². The van der Waals surface area contributed by atoms with Crippen molar-refractivity contribution in [2.75, 3.05) is 20.3 Å². The van der Waals surface area contributed by atoms with Crippen molar-refractivity contribution in [2.45, 2.75) is 20.4 Å². The first-order chi connectivity index (χ1) is 8.70. The Kier molecular flexibility index (Phi) is 4.52. The normalized spacial score (nSPS) is 11.1. The summed E-state index contributed by atoms with van der Waals surface area (Å²) in [5.74, 6) is 1.85. The molecule has 0 saturated heterocycles. The lowest BCUT2D eigenvalue weighted by Crippen LogP contribution is -2.18. The van der Waals surface area contributed by atoms with Gasteiger partial charge in [0, 0.05) is 31.1 Å². The molecule has 0 saturated carbocycles. The summed E-state index contributed by atoms with van der Waals surface area (Å²) >= 11 is 1.66. The van der Waals surface area contributed by atoms with Crippen LogP contribution in [0.15, 0.2) is 15.9 Å². The minimum atomic E-state index is 0.721. The number of ether oxygens (including phenoxy) is 1. The van der Waals surface area contributed by atoms with Gasteiger partial charge in [-0.3, -0.25) is 0 Å². The van der Waals surface area contributed by atoms with Gasteiger partial charge in [-0.15, -0.1) is 11.3 Å². The molecule has 0 aliphatic heterocycles. The quantitative estimate of drug-likeness (QED) is 0.817. The fourth-order valence-electron chi connectivity index (χ4n) is 1.77. The molecule has 0 amide bonds. The van der Waals surface area contributed by atoms with Crippen molar-refractivity contribution in [3.05, 3.63) is 28.0 Å². The molecule has 0 unspecified atom stereocenters. The summed E-state index contributed by atoms with van der Waals surface area (Å²) in [7, 11) is 1.70. The van der Waals surface area contributed by atoms with E-state index in [0.717, 1.165) is 47.5 Å². The lowest BCUT2D eigenvalue weighted by molar-refractivity contribution is 0.199. The zero-order valence-corrected chi connectivity index (χ0v) is 11.8. The summed E-state index contributed by atoms with van der Waals surface area (Å²) in [6.07, 6.45) is 0. The van der Waals surface area contributed by atoms with Crippen LogP contribution in [0, 0.1) is 13.8 Å². The number of nitrogens with one attached hydrogen (secondary N) is 1. The van der Waals surface area contributed by atoms with Gasteiger partial charge in [-0.05, 0) is 19.9 Å². The summed E-state index contributed by atoms with van der Waals surface area (Å²) in [4.78, 5) is 4.61. The summed E-state index contributed by atoms with van der Waals surface area (Å²) in [6.45, 7) is 6.27. The predicted molar refractivity (Wildman–Crippen MR) is 72.9 cm³/mol. The zero-order valence-electron chi connectivity index (χ0n) is 10.9. The van der Waals surface area contributed by atoms with E-state index in [9.17, 15) is 0 Å². The topological polar surface area (TPSA) is 47.3 Å². The molecule has 0 spiro atoms. The summed E-state index contributed by atoms with van der Waals surface area (Å²) in [6, 6.07) is 2.03. The second kappa shape index (κ2) is 6.13. The van der Waals surface area contributed by atoms with Crippen molar-refractivity contribution in [2.24, 2.45) is 0 Å². The van der Waals surface area contributed by atoms with Crippen LogP contribution >= 0.6 is 11.3 Å². The Labute approximate surface area is 111 Å². The largest absolute Gasteiger partial charge is 0.466 e. The molecule has 1 N–H and O–H groups in total. The summed E-state index contributed by atoms with van der Waals surface area (Å²) in [5.41, 5.74) is 2.09. The third kappa shape index (κ3) is 3.19. The molecule has 2 aromatic heterocycles. The smallest absolute Gasteiger partial charge is 0.110 e. The van der Waals surface area contributed by atoms with E-state index in [4.69, 9.17) is 9.15 Å². The van der Waals surface area contributed by atoms with E-state index in [1.54, 1.807) is 18.4 Å². The average molecular weight is 266 g/mol. The highest BCUT2D eigenvalue weighted by molar-refractivity contribution is 7.09. The SMILES string of the molecule is COCCNCc1nc(-c2cc(C)oc2C)cs1. The highest BCUT2D eigenvalue weighted by atomic mass is 32.1. The maximum absolute atomic E-state index is 5.52. The lowest BCUT2D eigenvalue weighted by atomic mass is 10.2. The average Bonchev–Trinajstić information content (AvgIpc) is 2.91. The highest BCUT2D eigenvalue weighted by Crippen LogP contribution is 2.27. The molecule has 2 rings (SSSR count). The fourth-order valence-corrected chi connectivity index (χ4v) is 2.53. The number of thiazole rings is 1. The number of nitrogens with zero attached hydrogens (tertiary/aromatic N) is 1. The Balaban J connectivity index is 1.99.